The Kier molecular flexibility index (Phi) is 4.40. The van der Waals surface area contributed by atoms with Gasteiger partial charge in [0.2, 0.25) is 0 Å². The molecule has 0 heterocycles. The van der Waals surface area contributed by atoms with Crippen molar-refractivity contribution < 1.29 is 9.13 Å². The fourth-order valence-electron chi connectivity index (χ4n) is 2.15. The van der Waals surface area contributed by atoms with Gasteiger partial charge in [-0.1, -0.05) is 30.3 Å². The summed E-state index contributed by atoms with van der Waals surface area (Å²) in [6.07, 6.45) is -0.293. The minimum Gasteiger partial charge on any atom is -0.484 e. The largest absolute Gasteiger partial charge is 0.484 e. The fourth-order valence-corrected chi connectivity index (χ4v) is 2.15. The van der Waals surface area contributed by atoms with Crippen molar-refractivity contribution in [1.82, 2.24) is 0 Å². The van der Waals surface area contributed by atoms with Crippen LogP contribution in [0, 0.1) is 19.7 Å². The summed E-state index contributed by atoms with van der Waals surface area (Å²) in [5, 5.41) is 0. The molecule has 0 aromatic heterocycles. The first-order valence-corrected chi connectivity index (χ1v) is 6.73. The van der Waals surface area contributed by atoms with Gasteiger partial charge in [-0.05, 0) is 43.5 Å². The molecule has 0 saturated heterocycles. The Morgan fingerprint density at radius 3 is 2.35 bits per heavy atom. The molecule has 0 saturated carbocycles. The monoisotopic (exact) mass is 273 g/mol. The molecule has 2 nitrogen and oxygen atoms in total. The molecule has 2 rings (SSSR count). The minimum atomic E-state index is -0.293. The topological polar surface area (TPSA) is 35.2 Å². The van der Waals surface area contributed by atoms with Gasteiger partial charge in [0, 0.05) is 12.1 Å². The highest BCUT2D eigenvalue weighted by atomic mass is 19.1. The molecule has 0 bridgehead atoms. The smallest absolute Gasteiger partial charge is 0.139 e. The molecule has 0 fully saturated rings. The van der Waals surface area contributed by atoms with Crippen LogP contribution >= 0.6 is 0 Å². The van der Waals surface area contributed by atoms with Crippen LogP contribution in [-0.4, -0.2) is 6.04 Å². The zero-order chi connectivity index (χ0) is 14.7. The van der Waals surface area contributed by atoms with E-state index in [4.69, 9.17) is 10.5 Å². The minimum absolute atomic E-state index is 0.194. The predicted molar refractivity (Wildman–Crippen MR) is 79.3 cm³/mol. The lowest BCUT2D eigenvalue weighted by atomic mass is 9.99. The van der Waals surface area contributed by atoms with E-state index in [1.807, 2.05) is 38.1 Å². The van der Waals surface area contributed by atoms with E-state index in [1.54, 1.807) is 19.1 Å². The predicted octanol–water partition coefficient (Wildman–Crippen LogP) is 3.91. The Labute approximate surface area is 119 Å². The Bertz CT molecular complexity index is 595. The number of hydrogen-bond donors (Lipinski definition) is 1. The molecule has 2 N–H and O–H groups in total. The molecule has 0 aliphatic carbocycles. The summed E-state index contributed by atoms with van der Waals surface area (Å²) < 4.78 is 19.5. The van der Waals surface area contributed by atoms with E-state index in [0.29, 0.717) is 11.3 Å². The van der Waals surface area contributed by atoms with Crippen molar-refractivity contribution >= 4 is 0 Å². The molecule has 3 heteroatoms. The molecule has 0 aliphatic heterocycles. The van der Waals surface area contributed by atoms with Gasteiger partial charge in [-0.15, -0.1) is 0 Å². The van der Waals surface area contributed by atoms with Crippen LogP contribution in [0.3, 0.4) is 0 Å². The summed E-state index contributed by atoms with van der Waals surface area (Å²) in [4.78, 5) is 0. The van der Waals surface area contributed by atoms with Gasteiger partial charge in [0.25, 0.3) is 0 Å². The second kappa shape index (κ2) is 6.06. The van der Waals surface area contributed by atoms with Crippen LogP contribution in [-0.2, 0) is 0 Å². The normalized spacial score (nSPS) is 13.8. The SMILES string of the molecule is Cc1ccc(OC(c2ccccc2C)C(C)N)cc1F. The summed E-state index contributed by atoms with van der Waals surface area (Å²) in [5.41, 5.74) is 8.78. The highest BCUT2D eigenvalue weighted by Crippen LogP contribution is 2.27. The molecule has 20 heavy (non-hydrogen) atoms. The standard InChI is InChI=1S/C17H20FNO/c1-11-6-4-5-7-15(11)17(13(3)19)20-14-9-8-12(2)16(18)10-14/h4-10,13,17H,19H2,1-3H3. The van der Waals surface area contributed by atoms with Gasteiger partial charge in [0.05, 0.1) is 0 Å². The quantitative estimate of drug-likeness (QED) is 0.916. The number of rotatable bonds is 4. The molecule has 0 spiro atoms. The Morgan fingerprint density at radius 2 is 1.75 bits per heavy atom. The van der Waals surface area contributed by atoms with Gasteiger partial charge in [-0.2, -0.15) is 0 Å². The van der Waals surface area contributed by atoms with Crippen LogP contribution in [0.15, 0.2) is 42.5 Å². The third-order valence-electron chi connectivity index (χ3n) is 3.38. The first-order valence-electron chi connectivity index (χ1n) is 6.73. The molecule has 2 aromatic rings. The zero-order valence-corrected chi connectivity index (χ0v) is 12.1. The molecular formula is C17H20FNO. The highest BCUT2D eigenvalue weighted by molar-refractivity contribution is 5.32. The molecule has 0 aliphatic rings. The van der Waals surface area contributed by atoms with E-state index in [0.717, 1.165) is 11.1 Å². The van der Waals surface area contributed by atoms with E-state index >= 15 is 0 Å². The molecule has 0 amide bonds. The van der Waals surface area contributed by atoms with Gasteiger partial charge in [0.15, 0.2) is 0 Å². The van der Waals surface area contributed by atoms with E-state index in [-0.39, 0.29) is 18.0 Å². The van der Waals surface area contributed by atoms with Crippen molar-refractivity contribution in [3.8, 4) is 5.75 Å². The number of halogens is 1. The summed E-state index contributed by atoms with van der Waals surface area (Å²) in [7, 11) is 0. The number of aryl methyl sites for hydroxylation is 2. The van der Waals surface area contributed by atoms with E-state index in [9.17, 15) is 4.39 Å². The zero-order valence-electron chi connectivity index (χ0n) is 12.1. The van der Waals surface area contributed by atoms with Crippen molar-refractivity contribution in [3.05, 3.63) is 65.0 Å². The average Bonchev–Trinajstić information content (AvgIpc) is 2.41. The van der Waals surface area contributed by atoms with Crippen LogP contribution in [0.4, 0.5) is 4.39 Å². The maximum absolute atomic E-state index is 13.6. The first kappa shape index (κ1) is 14.5. The lowest BCUT2D eigenvalue weighted by Crippen LogP contribution is -2.29. The maximum Gasteiger partial charge on any atom is 0.139 e. The first-order chi connectivity index (χ1) is 9.49. The molecule has 2 aromatic carbocycles. The van der Waals surface area contributed by atoms with Crippen LogP contribution in [0.25, 0.3) is 0 Å². The molecule has 2 unspecified atom stereocenters. The third kappa shape index (κ3) is 3.17. The Balaban J connectivity index is 2.31. The fraction of sp³-hybridized carbons (Fsp3) is 0.294. The second-order valence-electron chi connectivity index (χ2n) is 5.17. The molecule has 0 radical (unpaired) electrons. The van der Waals surface area contributed by atoms with Crippen LogP contribution in [0.2, 0.25) is 0 Å². The van der Waals surface area contributed by atoms with Gasteiger partial charge < -0.3 is 10.5 Å². The molecular weight excluding hydrogens is 253 g/mol. The van der Waals surface area contributed by atoms with Gasteiger partial charge in [-0.25, -0.2) is 4.39 Å². The van der Waals surface area contributed by atoms with E-state index < -0.39 is 0 Å². The molecule has 2 atom stereocenters. The third-order valence-corrected chi connectivity index (χ3v) is 3.38. The number of ether oxygens (including phenoxy) is 1. The second-order valence-corrected chi connectivity index (χ2v) is 5.17. The maximum atomic E-state index is 13.6. The lowest BCUT2D eigenvalue weighted by molar-refractivity contribution is 0.179. The van der Waals surface area contributed by atoms with Gasteiger partial charge in [-0.3, -0.25) is 0 Å². The summed E-state index contributed by atoms with van der Waals surface area (Å²) >= 11 is 0. The van der Waals surface area contributed by atoms with Crippen molar-refractivity contribution in [2.75, 3.05) is 0 Å². The van der Waals surface area contributed by atoms with Crippen molar-refractivity contribution in [3.63, 3.8) is 0 Å². The van der Waals surface area contributed by atoms with E-state index in [2.05, 4.69) is 0 Å². The van der Waals surface area contributed by atoms with Crippen LogP contribution in [0.1, 0.15) is 29.7 Å². The molecule has 106 valence electrons. The Morgan fingerprint density at radius 1 is 1.05 bits per heavy atom. The van der Waals surface area contributed by atoms with Crippen molar-refractivity contribution in [1.29, 1.82) is 0 Å². The number of benzene rings is 2. The van der Waals surface area contributed by atoms with Crippen molar-refractivity contribution in [2.24, 2.45) is 5.73 Å². The van der Waals surface area contributed by atoms with Crippen LogP contribution in [0.5, 0.6) is 5.75 Å². The Hall–Kier alpha value is -1.87. The van der Waals surface area contributed by atoms with Gasteiger partial charge >= 0.3 is 0 Å². The summed E-state index contributed by atoms with van der Waals surface area (Å²) in [5.74, 6) is 0.231. The van der Waals surface area contributed by atoms with Gasteiger partial charge in [0.1, 0.15) is 17.7 Å². The summed E-state index contributed by atoms with van der Waals surface area (Å²) in [6, 6.07) is 12.6. The summed E-state index contributed by atoms with van der Waals surface area (Å²) in [6.45, 7) is 5.63. The average molecular weight is 273 g/mol. The number of hydrogen-bond acceptors (Lipinski definition) is 2. The van der Waals surface area contributed by atoms with Crippen molar-refractivity contribution in [2.45, 2.75) is 32.9 Å². The highest BCUT2D eigenvalue weighted by Gasteiger charge is 2.20. The number of nitrogens with two attached hydrogens (primary N) is 1. The lowest BCUT2D eigenvalue weighted by Gasteiger charge is -2.24. The van der Waals surface area contributed by atoms with E-state index in [1.165, 1.54) is 6.07 Å². The van der Waals surface area contributed by atoms with Crippen LogP contribution < -0.4 is 10.5 Å².